The molecule has 0 aliphatic carbocycles. The van der Waals surface area contributed by atoms with Gasteiger partial charge in [0.1, 0.15) is 0 Å². The van der Waals surface area contributed by atoms with Crippen LogP contribution in [0.3, 0.4) is 0 Å². The number of halogens is 2. The molecule has 0 bridgehead atoms. The first-order chi connectivity index (χ1) is 11.0. The highest BCUT2D eigenvalue weighted by Gasteiger charge is 2.15. The van der Waals surface area contributed by atoms with Crippen molar-refractivity contribution in [1.29, 1.82) is 0 Å². The van der Waals surface area contributed by atoms with Gasteiger partial charge in [-0.25, -0.2) is 0 Å². The third-order valence-electron chi connectivity index (χ3n) is 3.06. The Labute approximate surface area is 137 Å². The number of alkyl halides is 2. The molecule has 0 radical (unpaired) electrons. The molecule has 124 valence electrons. The second-order valence-electron chi connectivity index (χ2n) is 4.77. The summed E-state index contributed by atoms with van der Waals surface area (Å²) < 4.78 is 34.5. The molecular formula is C16H17F2NO3S. The zero-order chi connectivity index (χ0) is 16.8. The van der Waals surface area contributed by atoms with Crippen LogP contribution in [0.25, 0.3) is 0 Å². The van der Waals surface area contributed by atoms with Gasteiger partial charge in [-0.2, -0.15) is 20.1 Å². The summed E-state index contributed by atoms with van der Waals surface area (Å²) in [5.74, 6) is 0.121. The number of thiophene rings is 1. The van der Waals surface area contributed by atoms with E-state index >= 15 is 0 Å². The van der Waals surface area contributed by atoms with Crippen molar-refractivity contribution >= 4 is 17.2 Å². The molecule has 0 aliphatic heterocycles. The van der Waals surface area contributed by atoms with Crippen LogP contribution in [0.5, 0.6) is 11.5 Å². The van der Waals surface area contributed by atoms with Crippen molar-refractivity contribution in [2.24, 2.45) is 0 Å². The minimum absolute atomic E-state index is 0.0163. The maximum Gasteiger partial charge on any atom is 0.387 e. The van der Waals surface area contributed by atoms with Gasteiger partial charge in [-0.15, -0.1) is 0 Å². The van der Waals surface area contributed by atoms with Crippen molar-refractivity contribution in [3.63, 3.8) is 0 Å². The van der Waals surface area contributed by atoms with Crippen LogP contribution in [0.15, 0.2) is 35.0 Å². The van der Waals surface area contributed by atoms with E-state index in [1.165, 1.54) is 17.4 Å². The van der Waals surface area contributed by atoms with Crippen molar-refractivity contribution in [3.05, 3.63) is 46.2 Å². The van der Waals surface area contributed by atoms with Crippen molar-refractivity contribution < 1.29 is 23.0 Å². The number of amides is 1. The predicted octanol–water partition coefficient (Wildman–Crippen LogP) is 4.02. The second kappa shape index (κ2) is 7.92. The smallest absolute Gasteiger partial charge is 0.387 e. The van der Waals surface area contributed by atoms with E-state index < -0.39 is 6.61 Å². The number of benzene rings is 1. The Hall–Kier alpha value is -2.15. The Kier molecular flexibility index (Phi) is 5.92. The number of hydrogen-bond acceptors (Lipinski definition) is 4. The number of carbonyl (C=O) groups is 1. The summed E-state index contributed by atoms with van der Waals surface area (Å²) in [5, 5.41) is 3.62. The van der Waals surface area contributed by atoms with E-state index in [0.717, 1.165) is 5.56 Å². The van der Waals surface area contributed by atoms with Gasteiger partial charge in [-0.1, -0.05) is 6.07 Å². The van der Waals surface area contributed by atoms with E-state index in [0.29, 0.717) is 18.7 Å². The SMILES string of the molecule is CCOc1cc(CN(C)C(=O)c2ccsc2)ccc1OC(F)F. The molecule has 1 amide bonds. The molecule has 0 atom stereocenters. The van der Waals surface area contributed by atoms with Crippen molar-refractivity contribution in [2.75, 3.05) is 13.7 Å². The molecule has 0 saturated carbocycles. The summed E-state index contributed by atoms with van der Waals surface area (Å²) in [6.07, 6.45) is 0. The lowest BCUT2D eigenvalue weighted by atomic mass is 10.2. The Balaban J connectivity index is 2.13. The van der Waals surface area contributed by atoms with Crippen LogP contribution in [-0.2, 0) is 6.54 Å². The third-order valence-corrected chi connectivity index (χ3v) is 3.74. The van der Waals surface area contributed by atoms with Gasteiger partial charge < -0.3 is 14.4 Å². The van der Waals surface area contributed by atoms with Gasteiger partial charge in [0.15, 0.2) is 11.5 Å². The van der Waals surface area contributed by atoms with Crippen LogP contribution in [-0.4, -0.2) is 31.1 Å². The van der Waals surface area contributed by atoms with Gasteiger partial charge in [0.25, 0.3) is 5.91 Å². The summed E-state index contributed by atoms with van der Waals surface area (Å²) in [4.78, 5) is 13.8. The van der Waals surface area contributed by atoms with E-state index in [4.69, 9.17) is 4.74 Å². The normalized spacial score (nSPS) is 10.7. The van der Waals surface area contributed by atoms with Crippen molar-refractivity contribution in [2.45, 2.75) is 20.1 Å². The van der Waals surface area contributed by atoms with Crippen LogP contribution in [0, 0.1) is 0 Å². The molecule has 0 saturated heterocycles. The average molecular weight is 341 g/mol. The molecule has 0 unspecified atom stereocenters. The predicted molar refractivity (Wildman–Crippen MR) is 84.4 cm³/mol. The molecular weight excluding hydrogens is 324 g/mol. The number of hydrogen-bond donors (Lipinski definition) is 0. The van der Waals surface area contributed by atoms with Crippen molar-refractivity contribution in [3.8, 4) is 11.5 Å². The maximum absolute atomic E-state index is 12.4. The largest absolute Gasteiger partial charge is 0.490 e. The highest BCUT2D eigenvalue weighted by molar-refractivity contribution is 7.08. The molecule has 2 aromatic rings. The molecule has 0 fully saturated rings. The van der Waals surface area contributed by atoms with E-state index in [-0.39, 0.29) is 17.4 Å². The summed E-state index contributed by atoms with van der Waals surface area (Å²) in [5.41, 5.74) is 1.39. The van der Waals surface area contributed by atoms with E-state index in [1.54, 1.807) is 42.5 Å². The lowest BCUT2D eigenvalue weighted by Gasteiger charge is -2.18. The summed E-state index contributed by atoms with van der Waals surface area (Å²) in [7, 11) is 1.68. The number of ether oxygens (including phenoxy) is 2. The molecule has 7 heteroatoms. The Morgan fingerprint density at radius 1 is 1.30 bits per heavy atom. The average Bonchev–Trinajstić information content (AvgIpc) is 3.03. The van der Waals surface area contributed by atoms with Gasteiger partial charge in [0, 0.05) is 19.0 Å². The Morgan fingerprint density at radius 2 is 2.09 bits per heavy atom. The van der Waals surface area contributed by atoms with E-state index in [2.05, 4.69) is 4.74 Å². The van der Waals surface area contributed by atoms with Crippen LogP contribution in [0.2, 0.25) is 0 Å². The summed E-state index contributed by atoms with van der Waals surface area (Å²) >= 11 is 1.45. The number of nitrogens with zero attached hydrogens (tertiary/aromatic N) is 1. The fraction of sp³-hybridized carbons (Fsp3) is 0.312. The van der Waals surface area contributed by atoms with Crippen LogP contribution in [0.1, 0.15) is 22.8 Å². The van der Waals surface area contributed by atoms with Gasteiger partial charge in [0.2, 0.25) is 0 Å². The molecule has 0 spiro atoms. The second-order valence-corrected chi connectivity index (χ2v) is 5.55. The summed E-state index contributed by atoms with van der Waals surface area (Å²) in [6, 6.07) is 6.43. The molecule has 0 aliphatic rings. The summed E-state index contributed by atoms with van der Waals surface area (Å²) in [6.45, 7) is -0.496. The molecule has 1 heterocycles. The minimum atomic E-state index is -2.91. The number of rotatable bonds is 7. The van der Waals surface area contributed by atoms with Crippen LogP contribution < -0.4 is 9.47 Å². The first-order valence-electron chi connectivity index (χ1n) is 6.99. The minimum Gasteiger partial charge on any atom is -0.490 e. The molecule has 0 N–H and O–H groups in total. The standard InChI is InChI=1S/C16H17F2NO3S/c1-3-21-14-8-11(4-5-13(14)22-16(17)18)9-19(2)15(20)12-6-7-23-10-12/h4-8,10,16H,3,9H2,1-2H3. The van der Waals surface area contributed by atoms with Crippen molar-refractivity contribution in [1.82, 2.24) is 4.90 Å². The van der Waals surface area contributed by atoms with Gasteiger partial charge in [-0.3, -0.25) is 4.79 Å². The van der Waals surface area contributed by atoms with Gasteiger partial charge in [-0.05, 0) is 36.1 Å². The zero-order valence-electron chi connectivity index (χ0n) is 12.8. The fourth-order valence-corrected chi connectivity index (χ4v) is 2.69. The molecule has 2 rings (SSSR count). The van der Waals surface area contributed by atoms with E-state index in [1.807, 2.05) is 5.38 Å². The quantitative estimate of drug-likeness (QED) is 0.763. The van der Waals surface area contributed by atoms with Crippen LogP contribution in [0.4, 0.5) is 8.78 Å². The number of carbonyl (C=O) groups excluding carboxylic acids is 1. The lowest BCUT2D eigenvalue weighted by Crippen LogP contribution is -2.25. The Bertz CT molecular complexity index is 647. The third kappa shape index (κ3) is 4.66. The topological polar surface area (TPSA) is 38.8 Å². The maximum atomic E-state index is 12.4. The molecule has 23 heavy (non-hydrogen) atoms. The molecule has 1 aromatic carbocycles. The van der Waals surface area contributed by atoms with E-state index in [9.17, 15) is 13.6 Å². The zero-order valence-corrected chi connectivity index (χ0v) is 13.6. The highest BCUT2D eigenvalue weighted by Crippen LogP contribution is 2.30. The van der Waals surface area contributed by atoms with Crippen LogP contribution >= 0.6 is 11.3 Å². The fourth-order valence-electron chi connectivity index (χ4n) is 2.06. The highest BCUT2D eigenvalue weighted by atomic mass is 32.1. The monoisotopic (exact) mass is 341 g/mol. The van der Waals surface area contributed by atoms with Gasteiger partial charge in [0.05, 0.1) is 12.2 Å². The first kappa shape index (κ1) is 17.2. The lowest BCUT2D eigenvalue weighted by molar-refractivity contribution is -0.0514. The molecule has 1 aromatic heterocycles. The van der Waals surface area contributed by atoms with Gasteiger partial charge >= 0.3 is 6.61 Å². The first-order valence-corrected chi connectivity index (χ1v) is 7.93. The molecule has 4 nitrogen and oxygen atoms in total. The Morgan fingerprint density at radius 3 is 2.70 bits per heavy atom.